The highest BCUT2D eigenvalue weighted by atomic mass is 16.6. The lowest BCUT2D eigenvalue weighted by Gasteiger charge is -2.29. The lowest BCUT2D eigenvalue weighted by molar-refractivity contribution is -0.165. The standard InChI is InChI=1S/C14H26O5/c1-6-14(5,10(2)3)13(17)19-8-7-18-12(16)9-11(4)15/h10,12,16H,6-9H2,1-5H3. The van der Waals surface area contributed by atoms with E-state index < -0.39 is 11.7 Å². The summed E-state index contributed by atoms with van der Waals surface area (Å²) in [7, 11) is 0. The van der Waals surface area contributed by atoms with Gasteiger partial charge >= 0.3 is 5.97 Å². The molecule has 0 aliphatic heterocycles. The van der Waals surface area contributed by atoms with Crippen LogP contribution in [0.15, 0.2) is 0 Å². The fourth-order valence-corrected chi connectivity index (χ4v) is 1.58. The van der Waals surface area contributed by atoms with Crippen molar-refractivity contribution in [1.29, 1.82) is 0 Å². The minimum atomic E-state index is -1.13. The second-order valence-electron chi connectivity index (χ2n) is 5.29. The number of carbonyl (C=O) groups excluding carboxylic acids is 2. The molecule has 0 aromatic rings. The number of ether oxygens (including phenoxy) is 2. The average Bonchev–Trinajstić information content (AvgIpc) is 2.31. The molecule has 5 heteroatoms. The normalized spacial score (nSPS) is 15.9. The monoisotopic (exact) mass is 274 g/mol. The van der Waals surface area contributed by atoms with E-state index in [1.807, 2.05) is 27.7 Å². The fourth-order valence-electron chi connectivity index (χ4n) is 1.58. The van der Waals surface area contributed by atoms with Gasteiger partial charge in [-0.2, -0.15) is 0 Å². The van der Waals surface area contributed by atoms with Gasteiger partial charge in [0.1, 0.15) is 12.4 Å². The fraction of sp³-hybridized carbons (Fsp3) is 0.857. The van der Waals surface area contributed by atoms with Gasteiger partial charge in [-0.1, -0.05) is 20.8 Å². The molecule has 0 fully saturated rings. The molecule has 2 atom stereocenters. The summed E-state index contributed by atoms with van der Waals surface area (Å²) in [5, 5.41) is 9.30. The Bertz CT molecular complexity index is 300. The second kappa shape index (κ2) is 8.27. The molecule has 0 amide bonds. The molecule has 0 bridgehead atoms. The van der Waals surface area contributed by atoms with Gasteiger partial charge < -0.3 is 14.6 Å². The lowest BCUT2D eigenvalue weighted by Crippen LogP contribution is -2.35. The minimum Gasteiger partial charge on any atom is -0.463 e. The molecule has 0 aliphatic carbocycles. The van der Waals surface area contributed by atoms with Gasteiger partial charge in [0.15, 0.2) is 6.29 Å². The predicted octanol–water partition coefficient (Wildman–Crippen LogP) is 1.92. The first-order chi connectivity index (χ1) is 8.74. The second-order valence-corrected chi connectivity index (χ2v) is 5.29. The van der Waals surface area contributed by atoms with Crippen LogP contribution >= 0.6 is 0 Å². The van der Waals surface area contributed by atoms with Crippen LogP contribution < -0.4 is 0 Å². The van der Waals surface area contributed by atoms with Gasteiger partial charge in [-0.15, -0.1) is 0 Å². The Morgan fingerprint density at radius 1 is 1.26 bits per heavy atom. The largest absolute Gasteiger partial charge is 0.463 e. The van der Waals surface area contributed by atoms with Crippen molar-refractivity contribution in [2.24, 2.45) is 11.3 Å². The number of ketones is 1. The molecule has 0 saturated carbocycles. The van der Waals surface area contributed by atoms with Crippen molar-refractivity contribution in [3.05, 3.63) is 0 Å². The van der Waals surface area contributed by atoms with Crippen molar-refractivity contribution in [1.82, 2.24) is 0 Å². The summed E-state index contributed by atoms with van der Waals surface area (Å²) in [6.45, 7) is 9.34. The van der Waals surface area contributed by atoms with Crippen LogP contribution in [-0.2, 0) is 19.1 Å². The van der Waals surface area contributed by atoms with E-state index in [2.05, 4.69) is 0 Å². The van der Waals surface area contributed by atoms with Gasteiger partial charge in [-0.25, -0.2) is 0 Å². The summed E-state index contributed by atoms with van der Waals surface area (Å²) >= 11 is 0. The minimum absolute atomic E-state index is 0.0490. The lowest BCUT2D eigenvalue weighted by atomic mass is 9.77. The zero-order valence-electron chi connectivity index (χ0n) is 12.6. The van der Waals surface area contributed by atoms with Crippen molar-refractivity contribution >= 4 is 11.8 Å². The van der Waals surface area contributed by atoms with Crippen molar-refractivity contribution in [3.63, 3.8) is 0 Å². The summed E-state index contributed by atoms with van der Waals surface area (Å²) in [4.78, 5) is 22.7. The van der Waals surface area contributed by atoms with Gasteiger partial charge in [-0.05, 0) is 26.2 Å². The Labute approximate surface area is 115 Å². The predicted molar refractivity (Wildman–Crippen MR) is 71.5 cm³/mol. The molecule has 2 unspecified atom stereocenters. The molecule has 0 aromatic heterocycles. The van der Waals surface area contributed by atoms with E-state index in [9.17, 15) is 14.7 Å². The van der Waals surface area contributed by atoms with Crippen LogP contribution in [0.2, 0.25) is 0 Å². The SMILES string of the molecule is CCC(C)(C(=O)OCCOC(O)CC(C)=O)C(C)C. The van der Waals surface area contributed by atoms with Crippen LogP contribution in [0.4, 0.5) is 0 Å². The van der Waals surface area contributed by atoms with Gasteiger partial charge in [0.2, 0.25) is 0 Å². The smallest absolute Gasteiger partial charge is 0.312 e. The van der Waals surface area contributed by atoms with Gasteiger partial charge in [0.05, 0.1) is 18.4 Å². The van der Waals surface area contributed by atoms with Crippen LogP contribution in [0, 0.1) is 11.3 Å². The van der Waals surface area contributed by atoms with Crippen LogP contribution in [0.3, 0.4) is 0 Å². The van der Waals surface area contributed by atoms with E-state index in [0.29, 0.717) is 6.42 Å². The molecule has 0 aromatic carbocycles. The molecule has 0 rings (SSSR count). The first-order valence-corrected chi connectivity index (χ1v) is 6.70. The molecule has 0 heterocycles. The third-order valence-electron chi connectivity index (χ3n) is 3.56. The summed E-state index contributed by atoms with van der Waals surface area (Å²) in [5.41, 5.74) is -0.502. The van der Waals surface area contributed by atoms with Crippen molar-refractivity contribution < 1.29 is 24.2 Å². The topological polar surface area (TPSA) is 72.8 Å². The van der Waals surface area contributed by atoms with E-state index in [-0.39, 0.29) is 37.3 Å². The van der Waals surface area contributed by atoms with Gasteiger partial charge in [0, 0.05) is 0 Å². The van der Waals surface area contributed by atoms with Crippen molar-refractivity contribution in [2.45, 2.75) is 53.8 Å². The van der Waals surface area contributed by atoms with Gasteiger partial charge in [0.25, 0.3) is 0 Å². The Hall–Kier alpha value is -0.940. The first kappa shape index (κ1) is 18.1. The summed E-state index contributed by atoms with van der Waals surface area (Å²) in [6, 6.07) is 0. The number of esters is 1. The van der Waals surface area contributed by atoms with E-state index in [1.165, 1.54) is 6.92 Å². The van der Waals surface area contributed by atoms with Gasteiger partial charge in [-0.3, -0.25) is 9.59 Å². The first-order valence-electron chi connectivity index (χ1n) is 6.70. The van der Waals surface area contributed by atoms with Crippen molar-refractivity contribution in [2.75, 3.05) is 13.2 Å². The Balaban J connectivity index is 4.01. The third-order valence-corrected chi connectivity index (χ3v) is 3.56. The highest BCUT2D eigenvalue weighted by Gasteiger charge is 2.36. The molecule has 1 N–H and O–H groups in total. The highest BCUT2D eigenvalue weighted by molar-refractivity contribution is 5.76. The molecule has 5 nitrogen and oxygen atoms in total. The summed E-state index contributed by atoms with van der Waals surface area (Å²) in [6.07, 6.45) is -0.469. The Kier molecular flexibility index (Phi) is 7.87. The van der Waals surface area contributed by atoms with Crippen LogP contribution in [0.5, 0.6) is 0 Å². The van der Waals surface area contributed by atoms with E-state index >= 15 is 0 Å². The summed E-state index contributed by atoms with van der Waals surface area (Å²) < 4.78 is 10.1. The highest BCUT2D eigenvalue weighted by Crippen LogP contribution is 2.32. The quantitative estimate of drug-likeness (QED) is 0.395. The zero-order chi connectivity index (χ0) is 15.1. The molecule has 0 radical (unpaired) electrons. The number of hydrogen-bond donors (Lipinski definition) is 1. The maximum Gasteiger partial charge on any atom is 0.312 e. The average molecular weight is 274 g/mol. The molecule has 0 saturated heterocycles. The number of rotatable bonds is 9. The maximum absolute atomic E-state index is 12.0. The van der Waals surface area contributed by atoms with Crippen LogP contribution in [-0.4, -0.2) is 36.4 Å². The van der Waals surface area contributed by atoms with Crippen LogP contribution in [0.1, 0.15) is 47.5 Å². The number of Topliss-reactive ketones (excluding diaryl/α,β-unsaturated/α-hetero) is 1. The summed E-state index contributed by atoms with van der Waals surface area (Å²) in [5.74, 6) is -0.216. The van der Waals surface area contributed by atoms with E-state index in [0.717, 1.165) is 0 Å². The number of aliphatic hydroxyl groups excluding tert-OH is 1. The molecule has 0 spiro atoms. The number of aliphatic hydroxyl groups is 1. The number of carbonyl (C=O) groups is 2. The molecule has 0 aliphatic rings. The van der Waals surface area contributed by atoms with Crippen LogP contribution in [0.25, 0.3) is 0 Å². The third kappa shape index (κ3) is 6.16. The van der Waals surface area contributed by atoms with E-state index in [1.54, 1.807) is 0 Å². The molecular weight excluding hydrogens is 248 g/mol. The number of hydrogen-bond acceptors (Lipinski definition) is 5. The molecule has 19 heavy (non-hydrogen) atoms. The Morgan fingerprint density at radius 2 is 1.84 bits per heavy atom. The van der Waals surface area contributed by atoms with E-state index in [4.69, 9.17) is 9.47 Å². The molecular formula is C14H26O5. The molecule has 112 valence electrons. The van der Waals surface area contributed by atoms with Crippen molar-refractivity contribution in [3.8, 4) is 0 Å². The Morgan fingerprint density at radius 3 is 2.26 bits per heavy atom. The zero-order valence-corrected chi connectivity index (χ0v) is 12.6. The maximum atomic E-state index is 12.0.